The third kappa shape index (κ3) is 3.45. The van der Waals surface area contributed by atoms with E-state index in [2.05, 4.69) is 0 Å². The molecule has 6 heteroatoms. The van der Waals surface area contributed by atoms with Crippen LogP contribution in [-0.2, 0) is 9.84 Å². The Bertz CT molecular complexity index is 1110. The summed E-state index contributed by atoms with van der Waals surface area (Å²) in [6, 6.07) is 18.8. The van der Waals surface area contributed by atoms with Crippen molar-refractivity contribution < 1.29 is 13.2 Å². The maximum Gasteiger partial charge on any atom is 0.254 e. The summed E-state index contributed by atoms with van der Waals surface area (Å²) in [6.07, 6.45) is 0.485. The van der Waals surface area contributed by atoms with E-state index in [-0.39, 0.29) is 23.5 Å². The van der Waals surface area contributed by atoms with Crippen LogP contribution in [0, 0.1) is 0 Å². The van der Waals surface area contributed by atoms with E-state index in [0.717, 1.165) is 22.2 Å². The number of sulfone groups is 1. The minimum atomic E-state index is -3.06. The van der Waals surface area contributed by atoms with Gasteiger partial charge in [0.15, 0.2) is 9.84 Å². The molecule has 1 unspecified atom stereocenters. The fraction of sp³-hybridized carbons (Fsp3) is 0.238. The fourth-order valence-electron chi connectivity index (χ4n) is 3.55. The molecule has 2 heterocycles. The van der Waals surface area contributed by atoms with Crippen molar-refractivity contribution >= 4 is 26.6 Å². The lowest BCUT2D eigenvalue weighted by Crippen LogP contribution is -2.38. The van der Waals surface area contributed by atoms with E-state index in [0.29, 0.717) is 12.0 Å². The Hall–Kier alpha value is -2.73. The lowest BCUT2D eigenvalue weighted by molar-refractivity contribution is 0.0749. The Morgan fingerprint density at radius 1 is 1.07 bits per heavy atom. The summed E-state index contributed by atoms with van der Waals surface area (Å²) in [5, 5.41) is 0.773. The van der Waals surface area contributed by atoms with Crippen LogP contribution in [0.15, 0.2) is 60.7 Å². The van der Waals surface area contributed by atoms with Crippen LogP contribution in [-0.4, -0.2) is 48.8 Å². The van der Waals surface area contributed by atoms with Gasteiger partial charge < -0.3 is 4.90 Å². The van der Waals surface area contributed by atoms with Gasteiger partial charge in [0.2, 0.25) is 0 Å². The summed E-state index contributed by atoms with van der Waals surface area (Å²) in [6.45, 7) is 0. The second kappa shape index (κ2) is 6.78. The van der Waals surface area contributed by atoms with Crippen LogP contribution in [0.3, 0.4) is 0 Å². The molecule has 138 valence electrons. The molecule has 0 spiro atoms. The van der Waals surface area contributed by atoms with Gasteiger partial charge in [0.05, 0.1) is 28.3 Å². The number of carbonyl (C=O) groups is 1. The smallest absolute Gasteiger partial charge is 0.254 e. The van der Waals surface area contributed by atoms with E-state index in [1.807, 2.05) is 54.6 Å². The van der Waals surface area contributed by atoms with Gasteiger partial charge in [-0.25, -0.2) is 13.4 Å². The third-order valence-electron chi connectivity index (χ3n) is 5.09. The average Bonchev–Trinajstić information content (AvgIpc) is 3.06. The number of pyridine rings is 1. The molecule has 1 atom stereocenters. The number of hydrogen-bond acceptors (Lipinski definition) is 4. The van der Waals surface area contributed by atoms with Gasteiger partial charge >= 0.3 is 0 Å². The van der Waals surface area contributed by atoms with Crippen molar-refractivity contribution in [2.24, 2.45) is 0 Å². The van der Waals surface area contributed by atoms with Crippen molar-refractivity contribution in [3.05, 3.63) is 66.2 Å². The van der Waals surface area contributed by atoms with Crippen LogP contribution >= 0.6 is 0 Å². The zero-order valence-electron chi connectivity index (χ0n) is 15.0. The molecule has 0 bridgehead atoms. The Morgan fingerprint density at radius 2 is 1.78 bits per heavy atom. The van der Waals surface area contributed by atoms with Gasteiger partial charge in [-0.05, 0) is 18.6 Å². The van der Waals surface area contributed by atoms with Gasteiger partial charge in [-0.3, -0.25) is 4.79 Å². The number of amides is 1. The van der Waals surface area contributed by atoms with Gasteiger partial charge in [0, 0.05) is 24.0 Å². The Kier molecular flexibility index (Phi) is 4.44. The summed E-state index contributed by atoms with van der Waals surface area (Å²) in [5.74, 6) is -0.00119. The molecule has 27 heavy (non-hydrogen) atoms. The van der Waals surface area contributed by atoms with E-state index >= 15 is 0 Å². The topological polar surface area (TPSA) is 67.3 Å². The van der Waals surface area contributed by atoms with Crippen LogP contribution in [0.1, 0.15) is 16.8 Å². The average molecular weight is 380 g/mol. The number of aromatic nitrogens is 1. The summed E-state index contributed by atoms with van der Waals surface area (Å²) in [4.78, 5) is 19.5. The molecule has 2 aromatic carbocycles. The molecule has 1 aromatic heterocycles. The monoisotopic (exact) mass is 380 g/mol. The molecule has 0 N–H and O–H groups in total. The molecule has 4 rings (SSSR count). The first-order valence-electron chi connectivity index (χ1n) is 8.87. The van der Waals surface area contributed by atoms with Crippen molar-refractivity contribution in [2.75, 3.05) is 18.6 Å². The minimum absolute atomic E-state index is 0.0315. The second-order valence-electron chi connectivity index (χ2n) is 6.91. The number of fused-ring (bicyclic) bond motifs is 1. The normalized spacial score (nSPS) is 18.5. The first-order chi connectivity index (χ1) is 12.9. The number of rotatable bonds is 3. The molecular formula is C21H20N2O3S. The van der Waals surface area contributed by atoms with Crippen molar-refractivity contribution in [3.8, 4) is 11.3 Å². The predicted octanol–water partition coefficient (Wildman–Crippen LogP) is 3.16. The molecule has 1 saturated heterocycles. The number of benzene rings is 2. The van der Waals surface area contributed by atoms with E-state index < -0.39 is 9.84 Å². The first-order valence-corrected chi connectivity index (χ1v) is 10.7. The lowest BCUT2D eigenvalue weighted by Gasteiger charge is -2.24. The molecule has 1 fully saturated rings. The Balaban J connectivity index is 1.79. The highest BCUT2D eigenvalue weighted by atomic mass is 32.2. The molecule has 1 amide bonds. The highest BCUT2D eigenvalue weighted by Gasteiger charge is 2.33. The standard InChI is InChI=1S/C21H20N2O3S/c1-23(16-11-12-27(25,26)14-16)21(24)18-13-20(15-7-3-2-4-8-15)22-19-10-6-5-9-17(18)19/h2-10,13,16H,11-12,14H2,1H3. The van der Waals surface area contributed by atoms with Gasteiger partial charge in [0.25, 0.3) is 5.91 Å². The maximum absolute atomic E-state index is 13.2. The molecule has 1 aliphatic rings. The number of para-hydroxylation sites is 1. The lowest BCUT2D eigenvalue weighted by atomic mass is 10.0. The van der Waals surface area contributed by atoms with Crippen molar-refractivity contribution in [1.29, 1.82) is 0 Å². The Morgan fingerprint density at radius 3 is 2.48 bits per heavy atom. The third-order valence-corrected chi connectivity index (χ3v) is 6.84. The molecule has 0 radical (unpaired) electrons. The predicted molar refractivity (Wildman–Crippen MR) is 106 cm³/mol. The molecule has 3 aromatic rings. The highest BCUT2D eigenvalue weighted by Crippen LogP contribution is 2.27. The molecular weight excluding hydrogens is 360 g/mol. The van der Waals surface area contributed by atoms with E-state index in [1.54, 1.807) is 18.0 Å². The Labute approximate surface area is 158 Å². The SMILES string of the molecule is CN(C(=O)c1cc(-c2ccccc2)nc2ccccc12)C1CCS(=O)(=O)C1. The molecule has 1 aliphatic heterocycles. The van der Waals surface area contributed by atoms with Gasteiger partial charge in [0.1, 0.15) is 0 Å². The zero-order chi connectivity index (χ0) is 19.0. The number of nitrogens with zero attached hydrogens (tertiary/aromatic N) is 2. The summed E-state index contributed by atoms with van der Waals surface area (Å²) < 4.78 is 23.6. The van der Waals surface area contributed by atoms with Crippen LogP contribution < -0.4 is 0 Å². The zero-order valence-corrected chi connectivity index (χ0v) is 15.8. The summed E-state index contributed by atoms with van der Waals surface area (Å²) >= 11 is 0. The van der Waals surface area contributed by atoms with E-state index in [1.165, 1.54) is 0 Å². The summed E-state index contributed by atoms with van der Waals surface area (Å²) in [5.41, 5.74) is 2.95. The molecule has 0 aliphatic carbocycles. The van der Waals surface area contributed by atoms with Crippen LogP contribution in [0.2, 0.25) is 0 Å². The van der Waals surface area contributed by atoms with Gasteiger partial charge in [-0.1, -0.05) is 48.5 Å². The van der Waals surface area contributed by atoms with Crippen LogP contribution in [0.4, 0.5) is 0 Å². The minimum Gasteiger partial charge on any atom is -0.338 e. The van der Waals surface area contributed by atoms with Crippen LogP contribution in [0.25, 0.3) is 22.2 Å². The maximum atomic E-state index is 13.2. The second-order valence-corrected chi connectivity index (χ2v) is 9.14. The van der Waals surface area contributed by atoms with Gasteiger partial charge in [-0.2, -0.15) is 0 Å². The molecule has 0 saturated carbocycles. The van der Waals surface area contributed by atoms with E-state index in [4.69, 9.17) is 4.98 Å². The fourth-order valence-corrected chi connectivity index (χ4v) is 5.32. The van der Waals surface area contributed by atoms with Gasteiger partial charge in [-0.15, -0.1) is 0 Å². The van der Waals surface area contributed by atoms with Crippen LogP contribution in [0.5, 0.6) is 0 Å². The largest absolute Gasteiger partial charge is 0.338 e. The van der Waals surface area contributed by atoms with Crippen molar-refractivity contribution in [3.63, 3.8) is 0 Å². The summed E-state index contributed by atoms with van der Waals surface area (Å²) in [7, 11) is -1.37. The number of carbonyl (C=O) groups excluding carboxylic acids is 1. The number of hydrogen-bond donors (Lipinski definition) is 0. The molecule has 5 nitrogen and oxygen atoms in total. The quantitative estimate of drug-likeness (QED) is 0.700. The van der Waals surface area contributed by atoms with Crippen molar-refractivity contribution in [1.82, 2.24) is 9.88 Å². The first kappa shape index (κ1) is 17.7. The highest BCUT2D eigenvalue weighted by molar-refractivity contribution is 7.91. The van der Waals surface area contributed by atoms with E-state index in [9.17, 15) is 13.2 Å². The van der Waals surface area contributed by atoms with Crippen molar-refractivity contribution in [2.45, 2.75) is 12.5 Å².